The number of aromatic nitrogens is 2. The van der Waals surface area contributed by atoms with Gasteiger partial charge >= 0.3 is 6.18 Å². The summed E-state index contributed by atoms with van der Waals surface area (Å²) in [5.74, 6) is -1.27. The average Bonchev–Trinajstić information content (AvgIpc) is 2.85. The van der Waals surface area contributed by atoms with Crippen molar-refractivity contribution in [3.63, 3.8) is 0 Å². The quantitative estimate of drug-likeness (QED) is 0.916. The van der Waals surface area contributed by atoms with E-state index in [0.717, 1.165) is 12.1 Å². The molecule has 1 aromatic heterocycles. The van der Waals surface area contributed by atoms with E-state index >= 15 is 0 Å². The van der Waals surface area contributed by atoms with Crippen LogP contribution in [0.4, 0.5) is 13.2 Å². The molecular weight excluding hydrogens is 281 g/mol. The van der Waals surface area contributed by atoms with Crippen molar-refractivity contribution in [2.24, 2.45) is 5.92 Å². The Bertz CT molecular complexity index is 462. The number of aliphatic hydroxyl groups is 1. The second-order valence-electron chi connectivity index (χ2n) is 6.26. The predicted octanol–water partition coefficient (Wildman–Crippen LogP) is 3.88. The number of hydrogen-bond donors (Lipinski definition) is 1. The van der Waals surface area contributed by atoms with Crippen LogP contribution in [0.5, 0.6) is 0 Å². The minimum Gasteiger partial charge on any atom is -0.389 e. The van der Waals surface area contributed by atoms with E-state index in [-0.39, 0.29) is 31.7 Å². The van der Waals surface area contributed by atoms with E-state index in [1.807, 2.05) is 16.9 Å². The molecule has 3 nitrogen and oxygen atoms in total. The molecule has 1 unspecified atom stereocenters. The van der Waals surface area contributed by atoms with Gasteiger partial charge in [-0.2, -0.15) is 18.3 Å². The normalized spacial score (nSPS) is 28.6. The molecule has 1 aromatic rings. The summed E-state index contributed by atoms with van der Waals surface area (Å²) >= 11 is 0. The lowest BCUT2D eigenvalue weighted by Crippen LogP contribution is -2.40. The third-order valence-corrected chi connectivity index (χ3v) is 4.60. The van der Waals surface area contributed by atoms with Gasteiger partial charge < -0.3 is 5.11 Å². The van der Waals surface area contributed by atoms with Gasteiger partial charge in [-0.3, -0.25) is 4.68 Å². The molecule has 21 heavy (non-hydrogen) atoms. The second kappa shape index (κ2) is 5.99. The second-order valence-corrected chi connectivity index (χ2v) is 6.26. The maximum absolute atomic E-state index is 12.7. The number of rotatable bonds is 4. The van der Waals surface area contributed by atoms with Gasteiger partial charge in [0.15, 0.2) is 0 Å². The number of hydrogen-bond acceptors (Lipinski definition) is 2. The minimum absolute atomic E-state index is 0.00602. The summed E-state index contributed by atoms with van der Waals surface area (Å²) in [7, 11) is 0. The molecule has 120 valence electrons. The van der Waals surface area contributed by atoms with Gasteiger partial charge in [-0.15, -0.1) is 0 Å². The van der Waals surface area contributed by atoms with Crippen LogP contribution in [-0.2, 0) is 6.42 Å². The van der Waals surface area contributed by atoms with E-state index in [0.29, 0.717) is 6.42 Å². The standard InChI is InChI=1S/C15H23F3N2O/c1-3-11(2)20-9-6-13(19-20)10-14(21)7-4-12(5-8-14)15(16,17)18/h6,9,11-12,21H,3-5,7-8,10H2,1-2H3. The maximum Gasteiger partial charge on any atom is 0.391 e. The lowest BCUT2D eigenvalue weighted by atomic mass is 9.76. The van der Waals surface area contributed by atoms with E-state index in [1.165, 1.54) is 0 Å². The lowest BCUT2D eigenvalue weighted by Gasteiger charge is -2.36. The minimum atomic E-state index is -4.14. The van der Waals surface area contributed by atoms with Gasteiger partial charge in [0.1, 0.15) is 0 Å². The first-order chi connectivity index (χ1) is 9.73. The van der Waals surface area contributed by atoms with Crippen LogP contribution in [-0.4, -0.2) is 26.7 Å². The van der Waals surface area contributed by atoms with Crippen molar-refractivity contribution in [3.05, 3.63) is 18.0 Å². The Hall–Kier alpha value is -1.04. The van der Waals surface area contributed by atoms with Gasteiger partial charge in [0.2, 0.25) is 0 Å². The highest BCUT2D eigenvalue weighted by atomic mass is 19.4. The van der Waals surface area contributed by atoms with Crippen molar-refractivity contribution in [2.75, 3.05) is 0 Å². The highest BCUT2D eigenvalue weighted by Crippen LogP contribution is 2.42. The first-order valence-corrected chi connectivity index (χ1v) is 7.56. The Balaban J connectivity index is 1.95. The van der Waals surface area contributed by atoms with E-state index in [2.05, 4.69) is 18.9 Å². The monoisotopic (exact) mass is 304 g/mol. The molecule has 0 aliphatic heterocycles. The molecule has 0 spiro atoms. The molecule has 1 saturated carbocycles. The van der Waals surface area contributed by atoms with Crippen LogP contribution in [0.1, 0.15) is 57.7 Å². The fourth-order valence-electron chi connectivity index (χ4n) is 2.90. The van der Waals surface area contributed by atoms with Crippen LogP contribution < -0.4 is 0 Å². The van der Waals surface area contributed by atoms with Gasteiger partial charge in [0.25, 0.3) is 0 Å². The molecule has 0 amide bonds. The third-order valence-electron chi connectivity index (χ3n) is 4.60. The van der Waals surface area contributed by atoms with Crippen molar-refractivity contribution in [2.45, 2.75) is 70.2 Å². The van der Waals surface area contributed by atoms with Gasteiger partial charge in [0.05, 0.1) is 17.2 Å². The molecule has 1 fully saturated rings. The average molecular weight is 304 g/mol. The zero-order valence-electron chi connectivity index (χ0n) is 12.5. The van der Waals surface area contributed by atoms with Crippen LogP contribution in [0.25, 0.3) is 0 Å². The molecule has 0 bridgehead atoms. The summed E-state index contributed by atoms with van der Waals surface area (Å²) in [6.07, 6.45) is -0.591. The molecule has 1 aliphatic carbocycles. The van der Waals surface area contributed by atoms with Crippen LogP contribution >= 0.6 is 0 Å². The molecular formula is C15H23F3N2O. The molecule has 1 heterocycles. The summed E-state index contributed by atoms with van der Waals surface area (Å²) < 4.78 is 39.8. The largest absolute Gasteiger partial charge is 0.391 e. The van der Waals surface area contributed by atoms with Gasteiger partial charge in [-0.05, 0) is 45.1 Å². The van der Waals surface area contributed by atoms with E-state index in [4.69, 9.17) is 0 Å². The van der Waals surface area contributed by atoms with Crippen LogP contribution in [0, 0.1) is 5.92 Å². The zero-order valence-corrected chi connectivity index (χ0v) is 12.5. The smallest absolute Gasteiger partial charge is 0.389 e. The molecule has 1 atom stereocenters. The van der Waals surface area contributed by atoms with Crippen molar-refractivity contribution in [1.29, 1.82) is 0 Å². The third kappa shape index (κ3) is 3.99. The van der Waals surface area contributed by atoms with Crippen molar-refractivity contribution < 1.29 is 18.3 Å². The Morgan fingerprint density at radius 2 is 2.05 bits per heavy atom. The molecule has 0 radical (unpaired) electrons. The topological polar surface area (TPSA) is 38.0 Å². The number of nitrogens with zero attached hydrogens (tertiary/aromatic N) is 2. The Kier molecular flexibility index (Phi) is 4.66. The summed E-state index contributed by atoms with van der Waals surface area (Å²) in [5, 5.41) is 14.9. The summed E-state index contributed by atoms with van der Waals surface area (Å²) in [6, 6.07) is 2.13. The van der Waals surface area contributed by atoms with E-state index in [9.17, 15) is 18.3 Å². The SMILES string of the molecule is CCC(C)n1ccc(CC2(O)CCC(C(F)(F)F)CC2)n1. The van der Waals surface area contributed by atoms with Gasteiger partial charge in [0, 0.05) is 18.7 Å². The first-order valence-electron chi connectivity index (χ1n) is 7.56. The van der Waals surface area contributed by atoms with Crippen molar-refractivity contribution in [1.82, 2.24) is 9.78 Å². The first kappa shape index (κ1) is 16.3. The Labute approximate surface area is 123 Å². The fraction of sp³-hybridized carbons (Fsp3) is 0.800. The highest BCUT2D eigenvalue weighted by molar-refractivity contribution is 5.06. The van der Waals surface area contributed by atoms with Crippen LogP contribution in [0.15, 0.2) is 12.3 Å². The van der Waals surface area contributed by atoms with Crippen LogP contribution in [0.2, 0.25) is 0 Å². The molecule has 1 aliphatic rings. The Morgan fingerprint density at radius 1 is 1.43 bits per heavy atom. The fourth-order valence-corrected chi connectivity index (χ4v) is 2.90. The van der Waals surface area contributed by atoms with Crippen molar-refractivity contribution in [3.8, 4) is 0 Å². The predicted molar refractivity (Wildman–Crippen MR) is 73.9 cm³/mol. The molecule has 0 aromatic carbocycles. The van der Waals surface area contributed by atoms with Crippen molar-refractivity contribution >= 4 is 0 Å². The summed E-state index contributed by atoms with van der Waals surface area (Å²) in [5.41, 5.74) is -0.292. The zero-order chi connectivity index (χ0) is 15.7. The number of alkyl halides is 3. The Morgan fingerprint density at radius 3 is 2.57 bits per heavy atom. The van der Waals surface area contributed by atoms with E-state index in [1.54, 1.807) is 0 Å². The summed E-state index contributed by atoms with van der Waals surface area (Å²) in [4.78, 5) is 0. The molecule has 0 saturated heterocycles. The molecule has 1 N–H and O–H groups in total. The highest BCUT2D eigenvalue weighted by Gasteiger charge is 2.45. The van der Waals surface area contributed by atoms with Gasteiger partial charge in [-0.25, -0.2) is 0 Å². The van der Waals surface area contributed by atoms with Crippen LogP contribution in [0.3, 0.4) is 0 Å². The lowest BCUT2D eigenvalue weighted by molar-refractivity contribution is -0.192. The summed E-state index contributed by atoms with van der Waals surface area (Å²) in [6.45, 7) is 4.12. The van der Waals surface area contributed by atoms with Gasteiger partial charge in [-0.1, -0.05) is 6.92 Å². The van der Waals surface area contributed by atoms with E-state index < -0.39 is 17.7 Å². The number of halogens is 3. The molecule has 2 rings (SSSR count). The maximum atomic E-state index is 12.7. The molecule has 6 heteroatoms.